The van der Waals surface area contributed by atoms with Gasteiger partial charge in [0.15, 0.2) is 0 Å². The molecule has 0 aromatic rings. The smallest absolute Gasteiger partial charge is 0.249 e. The van der Waals surface area contributed by atoms with Crippen molar-refractivity contribution in [1.29, 1.82) is 0 Å². The molecule has 0 bridgehead atoms. The SMILES string of the molecule is CC[C@@]12C=CCN(C)C(=O)[C@@H]1[C@H]1C(=O)N(CCCCCO)C3C(=O)N(C(C)(C)CC(C)(C)C)CC=C[C@@]31O2. The molecule has 1 N–H and O–H groups in total. The number of carbonyl (C=O) groups is 3. The second-order valence-corrected chi connectivity index (χ2v) is 13.5. The van der Waals surface area contributed by atoms with Crippen molar-refractivity contribution in [3.63, 3.8) is 0 Å². The number of likely N-dealkylation sites (tertiary alicyclic amines) is 1. The van der Waals surface area contributed by atoms with Crippen LogP contribution in [0.1, 0.15) is 73.6 Å². The zero-order valence-corrected chi connectivity index (χ0v) is 24.3. The Labute approximate surface area is 228 Å². The van der Waals surface area contributed by atoms with Crippen LogP contribution < -0.4 is 0 Å². The van der Waals surface area contributed by atoms with E-state index in [4.69, 9.17) is 4.74 Å². The molecule has 4 heterocycles. The van der Waals surface area contributed by atoms with Crippen molar-refractivity contribution < 1.29 is 24.2 Å². The van der Waals surface area contributed by atoms with Gasteiger partial charge in [0, 0.05) is 38.8 Å². The summed E-state index contributed by atoms with van der Waals surface area (Å²) in [5, 5.41) is 9.27. The summed E-state index contributed by atoms with van der Waals surface area (Å²) < 4.78 is 6.99. The molecular formula is C30H47N3O5. The zero-order chi connectivity index (χ0) is 28.1. The summed E-state index contributed by atoms with van der Waals surface area (Å²) in [6.07, 6.45) is 11.2. The Kier molecular flexibility index (Phi) is 7.65. The third-order valence-electron chi connectivity index (χ3n) is 8.89. The van der Waals surface area contributed by atoms with Gasteiger partial charge in [-0.15, -0.1) is 0 Å². The van der Waals surface area contributed by atoms with Crippen molar-refractivity contribution in [2.24, 2.45) is 17.3 Å². The fraction of sp³-hybridized carbons (Fsp3) is 0.767. The highest BCUT2D eigenvalue weighted by atomic mass is 16.5. The molecule has 2 fully saturated rings. The maximum atomic E-state index is 14.6. The van der Waals surface area contributed by atoms with E-state index in [1.807, 2.05) is 36.1 Å². The lowest BCUT2D eigenvalue weighted by atomic mass is 9.73. The zero-order valence-electron chi connectivity index (χ0n) is 24.3. The number of carbonyl (C=O) groups excluding carboxylic acids is 3. The van der Waals surface area contributed by atoms with E-state index in [9.17, 15) is 19.5 Å². The Hall–Kier alpha value is -2.19. The maximum absolute atomic E-state index is 14.6. The normalized spacial score (nSPS) is 33.4. The molecule has 1 spiro atoms. The van der Waals surface area contributed by atoms with Crippen molar-refractivity contribution in [1.82, 2.24) is 14.7 Å². The van der Waals surface area contributed by atoms with Crippen LogP contribution in [0, 0.1) is 17.3 Å². The second-order valence-electron chi connectivity index (χ2n) is 13.5. The summed E-state index contributed by atoms with van der Waals surface area (Å²) >= 11 is 0. The van der Waals surface area contributed by atoms with E-state index in [1.54, 1.807) is 16.8 Å². The summed E-state index contributed by atoms with van der Waals surface area (Å²) in [6.45, 7) is 14.1. The third kappa shape index (κ3) is 4.61. The fourth-order valence-electron chi connectivity index (χ4n) is 7.63. The van der Waals surface area contributed by atoms with Crippen molar-refractivity contribution >= 4 is 17.7 Å². The van der Waals surface area contributed by atoms with Gasteiger partial charge in [-0.2, -0.15) is 0 Å². The molecule has 8 nitrogen and oxygen atoms in total. The van der Waals surface area contributed by atoms with Gasteiger partial charge in [0.1, 0.15) is 11.6 Å². The number of fused-ring (bicyclic) bond motifs is 2. The number of hydrogen-bond donors (Lipinski definition) is 1. The van der Waals surface area contributed by atoms with E-state index >= 15 is 0 Å². The molecule has 4 aliphatic rings. The van der Waals surface area contributed by atoms with Gasteiger partial charge < -0.3 is 24.5 Å². The molecule has 2 saturated heterocycles. The van der Waals surface area contributed by atoms with Gasteiger partial charge >= 0.3 is 0 Å². The number of amides is 3. The van der Waals surface area contributed by atoms with E-state index in [-0.39, 0.29) is 29.7 Å². The molecule has 0 saturated carbocycles. The lowest BCUT2D eigenvalue weighted by Gasteiger charge is -2.45. The molecule has 4 aliphatic heterocycles. The monoisotopic (exact) mass is 529 g/mol. The minimum absolute atomic E-state index is 0.000612. The second kappa shape index (κ2) is 10.1. The van der Waals surface area contributed by atoms with Crippen molar-refractivity contribution in [3.05, 3.63) is 24.3 Å². The van der Waals surface area contributed by atoms with Crippen LogP contribution in [-0.4, -0.2) is 93.6 Å². The number of aliphatic hydroxyl groups is 1. The number of rotatable bonds is 8. The van der Waals surface area contributed by atoms with E-state index < -0.39 is 34.6 Å². The Morgan fingerprint density at radius 3 is 2.26 bits per heavy atom. The molecule has 1 unspecified atom stereocenters. The highest BCUT2D eigenvalue weighted by Gasteiger charge is 2.75. The van der Waals surface area contributed by atoms with Gasteiger partial charge in [0.05, 0.1) is 17.4 Å². The largest absolute Gasteiger partial charge is 0.396 e. The van der Waals surface area contributed by atoms with Crippen molar-refractivity contribution in [2.45, 2.75) is 96.4 Å². The highest BCUT2D eigenvalue weighted by Crippen LogP contribution is 2.58. The van der Waals surface area contributed by atoms with E-state index in [2.05, 4.69) is 34.6 Å². The predicted octanol–water partition coefficient (Wildman–Crippen LogP) is 3.15. The van der Waals surface area contributed by atoms with Gasteiger partial charge in [-0.3, -0.25) is 14.4 Å². The average Bonchev–Trinajstić information content (AvgIpc) is 3.11. The lowest BCUT2D eigenvalue weighted by Crippen LogP contribution is -2.60. The van der Waals surface area contributed by atoms with E-state index in [0.29, 0.717) is 38.9 Å². The molecule has 212 valence electrons. The van der Waals surface area contributed by atoms with Crippen molar-refractivity contribution in [3.8, 4) is 0 Å². The minimum Gasteiger partial charge on any atom is -0.396 e. The first-order valence-electron chi connectivity index (χ1n) is 14.3. The van der Waals surface area contributed by atoms with Crippen LogP contribution in [0.4, 0.5) is 0 Å². The van der Waals surface area contributed by atoms with Gasteiger partial charge in [-0.25, -0.2) is 0 Å². The topological polar surface area (TPSA) is 90.4 Å². The summed E-state index contributed by atoms with van der Waals surface area (Å²) in [6, 6.07) is -0.839. The Morgan fingerprint density at radius 2 is 1.63 bits per heavy atom. The summed E-state index contributed by atoms with van der Waals surface area (Å²) in [5.74, 6) is -1.86. The summed E-state index contributed by atoms with van der Waals surface area (Å²) in [5.41, 5.74) is -2.60. The van der Waals surface area contributed by atoms with Crippen LogP contribution in [-0.2, 0) is 19.1 Å². The minimum atomic E-state index is -1.21. The van der Waals surface area contributed by atoms with Crippen LogP contribution in [0.15, 0.2) is 24.3 Å². The van der Waals surface area contributed by atoms with Gasteiger partial charge in [0.2, 0.25) is 17.7 Å². The number of aliphatic hydroxyl groups excluding tert-OH is 1. The molecule has 3 amide bonds. The number of nitrogens with zero attached hydrogens (tertiary/aromatic N) is 3. The molecule has 0 aromatic heterocycles. The Bertz CT molecular complexity index is 1010. The van der Waals surface area contributed by atoms with Crippen molar-refractivity contribution in [2.75, 3.05) is 33.3 Å². The Balaban J connectivity index is 1.83. The van der Waals surface area contributed by atoms with Crippen LogP contribution in [0.25, 0.3) is 0 Å². The van der Waals surface area contributed by atoms with Crippen LogP contribution in [0.3, 0.4) is 0 Å². The third-order valence-corrected chi connectivity index (χ3v) is 8.89. The molecule has 38 heavy (non-hydrogen) atoms. The number of hydrogen-bond acceptors (Lipinski definition) is 5. The van der Waals surface area contributed by atoms with Crippen LogP contribution in [0.5, 0.6) is 0 Å². The van der Waals surface area contributed by atoms with Gasteiger partial charge in [0.25, 0.3) is 0 Å². The highest BCUT2D eigenvalue weighted by molar-refractivity contribution is 6.00. The molecule has 0 aromatic carbocycles. The summed E-state index contributed by atoms with van der Waals surface area (Å²) in [4.78, 5) is 48.0. The molecule has 0 radical (unpaired) electrons. The lowest BCUT2D eigenvalue weighted by molar-refractivity contribution is -0.157. The first-order valence-corrected chi connectivity index (χ1v) is 14.3. The average molecular weight is 530 g/mol. The quantitative estimate of drug-likeness (QED) is 0.385. The number of ether oxygens (including phenoxy) is 1. The first kappa shape index (κ1) is 28.8. The van der Waals surface area contributed by atoms with Crippen LogP contribution >= 0.6 is 0 Å². The molecule has 5 atom stereocenters. The maximum Gasteiger partial charge on any atom is 0.249 e. The van der Waals surface area contributed by atoms with E-state index in [1.165, 1.54) is 0 Å². The molecule has 4 rings (SSSR count). The molecule has 8 heteroatoms. The van der Waals surface area contributed by atoms with Crippen LogP contribution in [0.2, 0.25) is 0 Å². The number of unbranched alkanes of at least 4 members (excludes halogenated alkanes) is 2. The number of likely N-dealkylation sites (N-methyl/N-ethyl adjacent to an activating group) is 1. The first-order chi connectivity index (χ1) is 17.7. The standard InChI is InChI=1S/C30H47N3O5/c1-8-29-14-12-16-31(7)24(35)21(29)22-25(36)32(17-10-9-11-19-34)23-26(37)33(18-13-15-30(22,23)38-29)28(5,6)20-27(2,3)4/h12-15,21-23,34H,8-11,16-20H2,1-7H3/t21-,22-,23?,29+,30-/m0/s1. The van der Waals surface area contributed by atoms with E-state index in [0.717, 1.165) is 12.8 Å². The van der Waals surface area contributed by atoms with Gasteiger partial charge in [-0.1, -0.05) is 52.0 Å². The fourth-order valence-corrected chi connectivity index (χ4v) is 7.63. The summed E-state index contributed by atoms with van der Waals surface area (Å²) in [7, 11) is 1.76. The Morgan fingerprint density at radius 1 is 0.947 bits per heavy atom. The predicted molar refractivity (Wildman–Crippen MR) is 146 cm³/mol. The van der Waals surface area contributed by atoms with Gasteiger partial charge in [-0.05, 0) is 51.4 Å². The molecule has 0 aliphatic carbocycles. The molecular weight excluding hydrogens is 482 g/mol.